The Bertz CT molecular complexity index is 733. The van der Waals surface area contributed by atoms with E-state index < -0.39 is 0 Å². The summed E-state index contributed by atoms with van der Waals surface area (Å²) >= 11 is 3.50. The smallest absolute Gasteiger partial charge is 0.124 e. The van der Waals surface area contributed by atoms with E-state index in [4.69, 9.17) is 10.7 Å². The lowest BCUT2D eigenvalue weighted by Gasteiger charge is -2.01. The van der Waals surface area contributed by atoms with Gasteiger partial charge < -0.3 is 5.73 Å². The summed E-state index contributed by atoms with van der Waals surface area (Å²) in [7, 11) is 0. The lowest BCUT2D eigenvalue weighted by molar-refractivity contribution is 1.38. The van der Waals surface area contributed by atoms with Crippen molar-refractivity contribution < 1.29 is 0 Å². The van der Waals surface area contributed by atoms with Gasteiger partial charge in [0.15, 0.2) is 0 Å². The largest absolute Gasteiger partial charge is 0.398 e. The van der Waals surface area contributed by atoms with Crippen molar-refractivity contribution in [2.45, 2.75) is 11.8 Å². The van der Waals surface area contributed by atoms with Crippen LogP contribution in [0.15, 0.2) is 58.8 Å². The molecule has 0 bridgehead atoms. The summed E-state index contributed by atoms with van der Waals surface area (Å²) in [4.78, 5) is 6.02. The van der Waals surface area contributed by atoms with E-state index in [0.717, 1.165) is 33.3 Å². The van der Waals surface area contributed by atoms with Gasteiger partial charge in [0.05, 0.1) is 5.69 Å². The van der Waals surface area contributed by atoms with Gasteiger partial charge in [-0.1, -0.05) is 37.3 Å². The number of benzene rings is 2. The first-order chi connectivity index (χ1) is 10.3. The molecule has 0 atom stereocenters. The first-order valence-corrected chi connectivity index (χ1v) is 8.68. The zero-order valence-electron chi connectivity index (χ0n) is 11.7. The van der Waals surface area contributed by atoms with Crippen molar-refractivity contribution in [1.29, 1.82) is 0 Å². The number of hydrogen-bond donors (Lipinski definition) is 1. The van der Waals surface area contributed by atoms with E-state index in [0.29, 0.717) is 0 Å². The molecule has 0 aliphatic heterocycles. The Morgan fingerprint density at radius 2 is 1.86 bits per heavy atom. The SMILES string of the molecule is CCSc1ccc(-c2nc(-c3ccccc3N)cs2)cc1. The van der Waals surface area contributed by atoms with Crippen LogP contribution in [-0.2, 0) is 0 Å². The number of thioether (sulfide) groups is 1. The second-order valence-electron chi connectivity index (χ2n) is 4.58. The molecule has 0 aliphatic rings. The van der Waals surface area contributed by atoms with Gasteiger partial charge in [-0.2, -0.15) is 0 Å². The third-order valence-corrected chi connectivity index (χ3v) is 4.94. The molecule has 3 rings (SSSR count). The number of aromatic nitrogens is 1. The Morgan fingerprint density at radius 3 is 2.57 bits per heavy atom. The molecule has 3 aromatic rings. The molecular formula is C17H16N2S2. The predicted molar refractivity (Wildman–Crippen MR) is 93.8 cm³/mol. The van der Waals surface area contributed by atoms with Crippen LogP contribution in [0, 0.1) is 0 Å². The molecule has 2 N–H and O–H groups in total. The van der Waals surface area contributed by atoms with Gasteiger partial charge in [-0.15, -0.1) is 23.1 Å². The van der Waals surface area contributed by atoms with E-state index in [1.54, 1.807) is 11.3 Å². The summed E-state index contributed by atoms with van der Waals surface area (Å²) in [5.74, 6) is 1.09. The van der Waals surface area contributed by atoms with Gasteiger partial charge in [-0.05, 0) is 24.0 Å². The average molecular weight is 312 g/mol. The van der Waals surface area contributed by atoms with Crippen LogP contribution in [0.3, 0.4) is 0 Å². The lowest BCUT2D eigenvalue weighted by Crippen LogP contribution is -1.89. The molecule has 2 nitrogen and oxygen atoms in total. The number of anilines is 1. The number of nitrogen functional groups attached to an aromatic ring is 1. The number of hydrogen-bond acceptors (Lipinski definition) is 4. The van der Waals surface area contributed by atoms with Crippen LogP contribution < -0.4 is 5.73 Å². The third kappa shape index (κ3) is 3.12. The highest BCUT2D eigenvalue weighted by Gasteiger charge is 2.08. The zero-order valence-corrected chi connectivity index (χ0v) is 13.4. The minimum absolute atomic E-state index is 0.768. The molecule has 106 valence electrons. The van der Waals surface area contributed by atoms with Gasteiger partial charge >= 0.3 is 0 Å². The van der Waals surface area contributed by atoms with Crippen LogP contribution in [-0.4, -0.2) is 10.7 Å². The second kappa shape index (κ2) is 6.33. The number of para-hydroxylation sites is 1. The fourth-order valence-electron chi connectivity index (χ4n) is 2.12. The molecule has 2 aromatic carbocycles. The molecule has 0 unspecified atom stereocenters. The van der Waals surface area contributed by atoms with Crippen molar-refractivity contribution in [3.05, 3.63) is 53.9 Å². The van der Waals surface area contributed by atoms with E-state index in [1.165, 1.54) is 4.90 Å². The van der Waals surface area contributed by atoms with E-state index in [1.807, 2.05) is 36.0 Å². The van der Waals surface area contributed by atoms with E-state index in [2.05, 4.69) is 36.6 Å². The molecule has 0 amide bonds. The Labute approximate surface area is 133 Å². The highest BCUT2D eigenvalue weighted by atomic mass is 32.2. The van der Waals surface area contributed by atoms with Crippen molar-refractivity contribution in [2.24, 2.45) is 0 Å². The highest BCUT2D eigenvalue weighted by Crippen LogP contribution is 2.32. The quantitative estimate of drug-likeness (QED) is 0.533. The number of rotatable bonds is 4. The number of nitrogens with two attached hydrogens (primary N) is 1. The molecule has 4 heteroatoms. The summed E-state index contributed by atoms with van der Waals surface area (Å²) < 4.78 is 0. The normalized spacial score (nSPS) is 10.7. The maximum atomic E-state index is 6.02. The minimum atomic E-state index is 0.768. The van der Waals surface area contributed by atoms with Crippen LogP contribution in [0.25, 0.3) is 21.8 Å². The lowest BCUT2D eigenvalue weighted by atomic mass is 10.1. The van der Waals surface area contributed by atoms with Crippen molar-refractivity contribution in [2.75, 3.05) is 11.5 Å². The van der Waals surface area contributed by atoms with Crippen molar-refractivity contribution in [1.82, 2.24) is 4.98 Å². The van der Waals surface area contributed by atoms with Crippen LogP contribution in [0.1, 0.15) is 6.92 Å². The summed E-state index contributed by atoms with van der Waals surface area (Å²) in [6, 6.07) is 16.4. The fourth-order valence-corrected chi connectivity index (χ4v) is 3.61. The summed E-state index contributed by atoms with van der Waals surface area (Å²) in [5, 5.41) is 3.09. The molecule has 0 radical (unpaired) electrons. The van der Waals surface area contributed by atoms with Crippen LogP contribution in [0.4, 0.5) is 5.69 Å². The zero-order chi connectivity index (χ0) is 14.7. The van der Waals surface area contributed by atoms with Gasteiger partial charge in [-0.25, -0.2) is 4.98 Å². The molecule has 0 saturated heterocycles. The standard InChI is InChI=1S/C17H16N2S2/c1-2-20-13-9-7-12(8-10-13)17-19-16(11-21-17)14-5-3-4-6-15(14)18/h3-11H,2,18H2,1H3. The third-order valence-electron chi connectivity index (χ3n) is 3.15. The van der Waals surface area contributed by atoms with Crippen LogP contribution >= 0.6 is 23.1 Å². The second-order valence-corrected chi connectivity index (χ2v) is 6.78. The van der Waals surface area contributed by atoms with E-state index >= 15 is 0 Å². The van der Waals surface area contributed by atoms with Gasteiger partial charge in [0.25, 0.3) is 0 Å². The minimum Gasteiger partial charge on any atom is -0.398 e. The Balaban J connectivity index is 1.89. The molecule has 1 aromatic heterocycles. The Hall–Kier alpha value is -1.78. The summed E-state index contributed by atoms with van der Waals surface area (Å²) in [5.41, 5.74) is 9.88. The Morgan fingerprint density at radius 1 is 1.10 bits per heavy atom. The highest BCUT2D eigenvalue weighted by molar-refractivity contribution is 7.99. The van der Waals surface area contributed by atoms with Crippen LogP contribution in [0.2, 0.25) is 0 Å². The topological polar surface area (TPSA) is 38.9 Å². The van der Waals surface area contributed by atoms with Crippen molar-refractivity contribution in [3.8, 4) is 21.8 Å². The Kier molecular flexibility index (Phi) is 4.27. The summed E-state index contributed by atoms with van der Waals surface area (Å²) in [6.45, 7) is 2.16. The number of thiazole rings is 1. The van der Waals surface area contributed by atoms with Gasteiger partial charge in [0, 0.05) is 27.1 Å². The van der Waals surface area contributed by atoms with Gasteiger partial charge in [0.1, 0.15) is 5.01 Å². The predicted octanol–water partition coefficient (Wildman–Crippen LogP) is 5.17. The van der Waals surface area contributed by atoms with Crippen molar-refractivity contribution >= 4 is 28.8 Å². The molecule has 0 fully saturated rings. The average Bonchev–Trinajstić information content (AvgIpc) is 2.98. The van der Waals surface area contributed by atoms with Gasteiger partial charge in [0.2, 0.25) is 0 Å². The maximum Gasteiger partial charge on any atom is 0.124 e. The molecule has 1 heterocycles. The monoisotopic (exact) mass is 312 g/mol. The summed E-state index contributed by atoms with van der Waals surface area (Å²) in [6.07, 6.45) is 0. The van der Waals surface area contributed by atoms with Crippen molar-refractivity contribution in [3.63, 3.8) is 0 Å². The molecular weight excluding hydrogens is 296 g/mol. The number of nitrogens with zero attached hydrogens (tertiary/aromatic N) is 1. The van der Waals surface area contributed by atoms with Crippen LogP contribution in [0.5, 0.6) is 0 Å². The molecule has 0 aliphatic carbocycles. The van der Waals surface area contributed by atoms with E-state index in [9.17, 15) is 0 Å². The fraction of sp³-hybridized carbons (Fsp3) is 0.118. The maximum absolute atomic E-state index is 6.02. The van der Waals surface area contributed by atoms with E-state index in [-0.39, 0.29) is 0 Å². The first kappa shape index (κ1) is 14.2. The first-order valence-electron chi connectivity index (χ1n) is 6.81. The molecule has 21 heavy (non-hydrogen) atoms. The van der Waals surface area contributed by atoms with Gasteiger partial charge in [-0.3, -0.25) is 0 Å². The molecule has 0 spiro atoms. The molecule has 0 saturated carbocycles.